The number of carbonyl (C=O) groups is 2. The van der Waals surface area contributed by atoms with E-state index in [9.17, 15) is 19.8 Å². The van der Waals surface area contributed by atoms with Crippen molar-refractivity contribution in [3.8, 4) is 11.5 Å². The fraction of sp³-hybridized carbons (Fsp3) is 0.537. The number of hydrogen-bond acceptors (Lipinski definition) is 10. The number of rotatable bonds is 19. The second-order valence-corrected chi connectivity index (χ2v) is 14.2. The zero-order valence-corrected chi connectivity index (χ0v) is 32.0. The van der Waals surface area contributed by atoms with Crippen LogP contribution in [0.3, 0.4) is 0 Å². The maximum absolute atomic E-state index is 13.6. The summed E-state index contributed by atoms with van der Waals surface area (Å²) in [6.45, 7) is 6.77. The minimum Gasteiger partial charge on any atom is -0.459 e. The highest BCUT2D eigenvalue weighted by Gasteiger charge is 2.65. The predicted octanol–water partition coefficient (Wildman–Crippen LogP) is 6.94. The van der Waals surface area contributed by atoms with Crippen molar-refractivity contribution in [2.75, 3.05) is 46.0 Å². The first-order chi connectivity index (χ1) is 26.3. The third-order valence-corrected chi connectivity index (χ3v) is 10.7. The van der Waals surface area contributed by atoms with E-state index in [0.717, 1.165) is 42.4 Å². The topological polar surface area (TPSA) is 148 Å². The molecule has 3 N–H and O–H groups in total. The highest BCUT2D eigenvalue weighted by molar-refractivity contribution is 6.18. The van der Waals surface area contributed by atoms with Crippen LogP contribution in [-0.4, -0.2) is 90.8 Å². The standard InChI is InChI=1S/C41H54ClN3O9/c1-4-22-51-41-36(45(3)40(49)50-23-19-42)26-34(44-52-5-2)32-24-29(15-9-11-20-46)31(16-10-12-21-47)37(38(32)41)33-25-30(17-18-35(33)54-41)53-39(48)43-27-28-13-7-6-8-14-28/h4,6-8,13-14,17-18,24-25,29,31,36-38,46-47H,1,5,9-12,15-16,19-23,26-27H2,2-3H3,(H,43,48). The Morgan fingerprint density at radius 2 is 1.87 bits per heavy atom. The Labute approximate surface area is 323 Å². The summed E-state index contributed by atoms with van der Waals surface area (Å²) >= 11 is 5.90. The number of fused-ring (bicyclic) bond motifs is 2. The SMILES string of the molecule is C=CCOC12Oc3ccc(OC(=O)NCc4ccccc4)cc3C3C(CCCCO)C(CCCCO)C=C(C(=NOCC)CC1N(C)C(=O)OCCCl)C32. The van der Waals surface area contributed by atoms with Crippen LogP contribution in [0.5, 0.6) is 11.5 Å². The van der Waals surface area contributed by atoms with Crippen LogP contribution in [-0.2, 0) is 20.9 Å². The van der Waals surface area contributed by atoms with Gasteiger partial charge >= 0.3 is 12.2 Å². The number of halogens is 1. The molecule has 0 saturated heterocycles. The van der Waals surface area contributed by atoms with Crippen LogP contribution in [0.2, 0.25) is 0 Å². The monoisotopic (exact) mass is 767 g/mol. The van der Waals surface area contributed by atoms with Crippen molar-refractivity contribution >= 4 is 29.5 Å². The van der Waals surface area contributed by atoms with E-state index in [0.29, 0.717) is 43.2 Å². The summed E-state index contributed by atoms with van der Waals surface area (Å²) in [5, 5.41) is 27.0. The lowest BCUT2D eigenvalue weighted by atomic mass is 9.55. The summed E-state index contributed by atoms with van der Waals surface area (Å²) in [5.74, 6) is -1.08. The van der Waals surface area contributed by atoms with Crippen LogP contribution in [0, 0.1) is 17.8 Å². The second-order valence-electron chi connectivity index (χ2n) is 13.8. The number of likely N-dealkylation sites (N-methyl/N-ethyl adjacent to an activating group) is 1. The van der Waals surface area contributed by atoms with E-state index in [4.69, 9.17) is 35.4 Å². The summed E-state index contributed by atoms with van der Waals surface area (Å²) < 4.78 is 25.3. The average Bonchev–Trinajstić information content (AvgIpc) is 3.19. The molecule has 2 aromatic carbocycles. The van der Waals surface area contributed by atoms with Gasteiger partial charge in [-0.3, -0.25) is 0 Å². The smallest absolute Gasteiger partial charge is 0.412 e. The van der Waals surface area contributed by atoms with Gasteiger partial charge in [0, 0.05) is 44.7 Å². The van der Waals surface area contributed by atoms with Gasteiger partial charge in [0.05, 0.1) is 24.1 Å². The van der Waals surface area contributed by atoms with E-state index in [1.807, 2.05) is 43.3 Å². The highest BCUT2D eigenvalue weighted by Crippen LogP contribution is 2.61. The molecule has 0 aromatic heterocycles. The van der Waals surface area contributed by atoms with Crippen LogP contribution < -0.4 is 14.8 Å². The first kappa shape index (κ1) is 41.1. The van der Waals surface area contributed by atoms with E-state index in [1.165, 1.54) is 4.90 Å². The molecule has 0 radical (unpaired) electrons. The van der Waals surface area contributed by atoms with Gasteiger partial charge in [-0.05, 0) is 73.8 Å². The molecule has 3 aliphatic rings. The molecule has 6 unspecified atom stereocenters. The Morgan fingerprint density at radius 3 is 2.57 bits per heavy atom. The molecular weight excluding hydrogens is 714 g/mol. The lowest BCUT2D eigenvalue weighted by Crippen LogP contribution is -2.69. The van der Waals surface area contributed by atoms with Crippen molar-refractivity contribution < 1.29 is 43.6 Å². The number of hydrogen-bond donors (Lipinski definition) is 3. The van der Waals surface area contributed by atoms with Gasteiger partial charge in [0.25, 0.3) is 0 Å². The molecule has 2 aromatic rings. The number of oxime groups is 1. The molecule has 6 atom stereocenters. The summed E-state index contributed by atoms with van der Waals surface area (Å²) in [6, 6.07) is 14.2. The first-order valence-corrected chi connectivity index (χ1v) is 19.5. The summed E-state index contributed by atoms with van der Waals surface area (Å²) in [4.78, 5) is 33.8. The van der Waals surface area contributed by atoms with Gasteiger partial charge in [0.1, 0.15) is 30.8 Å². The van der Waals surface area contributed by atoms with E-state index in [1.54, 1.807) is 25.3 Å². The van der Waals surface area contributed by atoms with Crippen LogP contribution in [0.1, 0.15) is 68.9 Å². The number of aliphatic hydroxyl groups is 2. The summed E-state index contributed by atoms with van der Waals surface area (Å²) in [5.41, 5.74) is 3.35. The van der Waals surface area contributed by atoms with Crippen molar-refractivity contribution in [3.63, 3.8) is 0 Å². The first-order valence-electron chi connectivity index (χ1n) is 19.0. The Balaban J connectivity index is 1.66. The summed E-state index contributed by atoms with van der Waals surface area (Å²) in [7, 11) is 1.66. The van der Waals surface area contributed by atoms with E-state index in [-0.39, 0.29) is 56.5 Å². The van der Waals surface area contributed by atoms with Crippen molar-refractivity contribution in [2.45, 2.75) is 76.2 Å². The molecule has 294 valence electrons. The van der Waals surface area contributed by atoms with Crippen molar-refractivity contribution in [3.05, 3.63) is 84.0 Å². The van der Waals surface area contributed by atoms with E-state index in [2.05, 4.69) is 23.1 Å². The fourth-order valence-corrected chi connectivity index (χ4v) is 8.28. The van der Waals surface area contributed by atoms with Crippen molar-refractivity contribution in [1.29, 1.82) is 0 Å². The molecule has 12 nitrogen and oxygen atoms in total. The van der Waals surface area contributed by atoms with Gasteiger partial charge in [-0.15, -0.1) is 18.2 Å². The molecule has 1 saturated carbocycles. The molecule has 1 aliphatic heterocycles. The number of nitrogens with one attached hydrogen (secondary N) is 1. The van der Waals surface area contributed by atoms with Gasteiger partial charge in [-0.2, -0.15) is 0 Å². The average molecular weight is 768 g/mol. The maximum Gasteiger partial charge on any atom is 0.412 e. The molecule has 1 fully saturated rings. The molecule has 2 amide bonds. The minimum atomic E-state index is -1.42. The lowest BCUT2D eigenvalue weighted by Gasteiger charge is -2.59. The number of unbranched alkanes of at least 4 members (excludes halogenated alkanes) is 2. The number of amides is 2. The van der Waals surface area contributed by atoms with Crippen molar-refractivity contribution in [1.82, 2.24) is 10.2 Å². The highest BCUT2D eigenvalue weighted by atomic mass is 35.5. The molecule has 1 heterocycles. The van der Waals surface area contributed by atoms with Crippen LogP contribution >= 0.6 is 11.6 Å². The zero-order chi connectivity index (χ0) is 38.5. The van der Waals surface area contributed by atoms with Crippen LogP contribution in [0.25, 0.3) is 0 Å². The lowest BCUT2D eigenvalue weighted by molar-refractivity contribution is -0.253. The fourth-order valence-electron chi connectivity index (χ4n) is 8.20. The van der Waals surface area contributed by atoms with Crippen LogP contribution in [0.4, 0.5) is 9.59 Å². The summed E-state index contributed by atoms with van der Waals surface area (Å²) in [6.07, 6.45) is 7.44. The molecular formula is C41H54ClN3O9. The van der Waals surface area contributed by atoms with E-state index >= 15 is 0 Å². The Bertz CT molecular complexity index is 1620. The zero-order valence-electron chi connectivity index (χ0n) is 31.3. The van der Waals surface area contributed by atoms with Gasteiger partial charge < -0.3 is 44.2 Å². The molecule has 0 bridgehead atoms. The van der Waals surface area contributed by atoms with Gasteiger partial charge in [0.15, 0.2) is 0 Å². The van der Waals surface area contributed by atoms with Crippen molar-refractivity contribution in [2.24, 2.45) is 22.9 Å². The second kappa shape index (κ2) is 20.0. The number of carbonyl (C=O) groups excluding carboxylic acids is 2. The Kier molecular flexibility index (Phi) is 15.2. The number of ether oxygens (including phenoxy) is 4. The molecule has 54 heavy (non-hydrogen) atoms. The minimum absolute atomic E-state index is 0.0149. The van der Waals surface area contributed by atoms with Crippen LogP contribution in [0.15, 0.2) is 78.0 Å². The van der Waals surface area contributed by atoms with Gasteiger partial charge in [0.2, 0.25) is 5.79 Å². The van der Waals surface area contributed by atoms with Gasteiger partial charge in [-0.25, -0.2) is 9.59 Å². The number of nitrogens with zero attached hydrogens (tertiary/aromatic N) is 2. The quantitative estimate of drug-likeness (QED) is 0.0599. The normalized spacial score (nSPS) is 24.6. The third-order valence-electron chi connectivity index (χ3n) is 10.5. The maximum atomic E-state index is 13.6. The predicted molar refractivity (Wildman–Crippen MR) is 206 cm³/mol. The number of alkyl halides is 1. The number of benzene rings is 2. The Morgan fingerprint density at radius 1 is 1.11 bits per heavy atom. The Hall–Kier alpha value is -4.10. The number of aliphatic hydroxyl groups excluding tert-OH is 2. The van der Waals surface area contributed by atoms with E-state index < -0.39 is 29.9 Å². The molecule has 5 rings (SSSR count). The third kappa shape index (κ3) is 9.39. The largest absolute Gasteiger partial charge is 0.459 e. The number of allylic oxidation sites excluding steroid dienone is 1. The van der Waals surface area contributed by atoms with Gasteiger partial charge in [-0.1, -0.05) is 60.5 Å². The molecule has 0 spiro atoms. The molecule has 2 aliphatic carbocycles. The molecule has 13 heteroatoms.